The van der Waals surface area contributed by atoms with Gasteiger partial charge in [0.25, 0.3) is 0 Å². The van der Waals surface area contributed by atoms with E-state index in [2.05, 4.69) is 24.9 Å². The fourth-order valence-electron chi connectivity index (χ4n) is 1.06. The Morgan fingerprint density at radius 3 is 3.07 bits per heavy atom. The lowest BCUT2D eigenvalue weighted by Crippen LogP contribution is -2.06. The Hall–Kier alpha value is -1.70. The Morgan fingerprint density at radius 2 is 2.50 bits per heavy atom. The number of nitrogens with zero attached hydrogens (tertiary/aromatic N) is 4. The van der Waals surface area contributed by atoms with E-state index in [9.17, 15) is 0 Å². The Labute approximate surface area is 83.9 Å². The van der Waals surface area contributed by atoms with Gasteiger partial charge in [-0.05, 0) is 12.2 Å². The first kappa shape index (κ1) is 8.88. The molecule has 2 aromatic heterocycles. The van der Waals surface area contributed by atoms with E-state index in [0.717, 1.165) is 0 Å². The van der Waals surface area contributed by atoms with Crippen molar-refractivity contribution in [1.82, 2.24) is 24.9 Å². The summed E-state index contributed by atoms with van der Waals surface area (Å²) in [5.41, 5.74) is 5.57. The first-order chi connectivity index (χ1) is 6.77. The summed E-state index contributed by atoms with van der Waals surface area (Å²) >= 11 is 4.97. The minimum atomic E-state index is 0.360. The molecular weight excluding hydrogens is 204 g/mol. The number of rotatable bonds is 3. The predicted molar refractivity (Wildman–Crippen MR) is 49.8 cm³/mol. The molecule has 3 N–H and O–H groups in total. The molecule has 2 aromatic rings. The molecular formula is C6H8N6OS. The van der Waals surface area contributed by atoms with Crippen LogP contribution < -0.4 is 5.73 Å². The summed E-state index contributed by atoms with van der Waals surface area (Å²) in [5.74, 6) is 0.978. The van der Waals surface area contributed by atoms with Crippen molar-refractivity contribution in [2.24, 2.45) is 0 Å². The maximum absolute atomic E-state index is 5.57. The number of nitrogen functional groups attached to an aromatic ring is 1. The summed E-state index contributed by atoms with van der Waals surface area (Å²) in [4.78, 5) is 3.88. The Bertz CT molecular complexity index is 457. The number of nitrogens with two attached hydrogens (primary N) is 1. The van der Waals surface area contributed by atoms with Gasteiger partial charge < -0.3 is 10.3 Å². The van der Waals surface area contributed by atoms with E-state index in [4.69, 9.17) is 18.0 Å². The summed E-state index contributed by atoms with van der Waals surface area (Å²) < 4.78 is 6.76. The molecule has 0 amide bonds. The van der Waals surface area contributed by atoms with Crippen molar-refractivity contribution in [2.75, 3.05) is 5.73 Å². The molecule has 0 saturated carbocycles. The van der Waals surface area contributed by atoms with Gasteiger partial charge in [-0.2, -0.15) is 4.98 Å². The van der Waals surface area contributed by atoms with Crippen LogP contribution >= 0.6 is 12.2 Å². The molecule has 0 bridgehead atoms. The second-order valence-electron chi connectivity index (χ2n) is 2.64. The molecule has 14 heavy (non-hydrogen) atoms. The highest BCUT2D eigenvalue weighted by Gasteiger charge is 2.03. The maximum atomic E-state index is 5.57. The van der Waals surface area contributed by atoms with E-state index in [-0.39, 0.29) is 0 Å². The lowest BCUT2D eigenvalue weighted by atomic mass is 10.4. The number of aromatic nitrogens is 5. The van der Waals surface area contributed by atoms with Gasteiger partial charge in [0.15, 0.2) is 10.6 Å². The van der Waals surface area contributed by atoms with Crippen LogP contribution in [-0.4, -0.2) is 24.9 Å². The highest BCUT2D eigenvalue weighted by molar-refractivity contribution is 7.71. The molecule has 0 aromatic carbocycles. The third-order valence-electron chi connectivity index (χ3n) is 1.75. The first-order valence-corrected chi connectivity index (χ1v) is 4.34. The topological polar surface area (TPSA) is 98.5 Å². The zero-order chi connectivity index (χ0) is 9.97. The van der Waals surface area contributed by atoms with Gasteiger partial charge in [-0.15, -0.1) is 5.10 Å². The summed E-state index contributed by atoms with van der Waals surface area (Å²) in [6.07, 6.45) is 1.89. The van der Waals surface area contributed by atoms with Crippen LogP contribution in [0.5, 0.6) is 0 Å². The van der Waals surface area contributed by atoms with E-state index in [1.807, 2.05) is 0 Å². The average Bonchev–Trinajstić information content (AvgIpc) is 2.76. The standard InChI is InChI=1S/C6H8N6OS/c7-5-9-10-6(14)12(5)2-1-4-8-3-13-11-4/h3H,1-2H2,(H2,7,9)(H,10,14). The van der Waals surface area contributed by atoms with Crippen LogP contribution in [0.25, 0.3) is 0 Å². The molecule has 0 unspecified atom stereocenters. The smallest absolute Gasteiger partial charge is 0.220 e. The highest BCUT2D eigenvalue weighted by Crippen LogP contribution is 2.01. The number of H-pyrrole nitrogens is 1. The molecule has 0 radical (unpaired) electrons. The number of aryl methyl sites for hydroxylation is 1. The van der Waals surface area contributed by atoms with E-state index >= 15 is 0 Å². The lowest BCUT2D eigenvalue weighted by Gasteiger charge is -1.99. The molecule has 0 aliphatic carbocycles. The van der Waals surface area contributed by atoms with Gasteiger partial charge in [-0.25, -0.2) is 5.10 Å². The minimum Gasteiger partial charge on any atom is -0.368 e. The van der Waals surface area contributed by atoms with Crippen LogP contribution in [0.1, 0.15) is 5.82 Å². The van der Waals surface area contributed by atoms with Gasteiger partial charge in [-0.1, -0.05) is 5.16 Å². The fourth-order valence-corrected chi connectivity index (χ4v) is 1.29. The molecule has 8 heteroatoms. The van der Waals surface area contributed by atoms with Crippen LogP contribution in [0, 0.1) is 4.77 Å². The zero-order valence-electron chi connectivity index (χ0n) is 7.17. The van der Waals surface area contributed by atoms with Gasteiger partial charge in [0, 0.05) is 13.0 Å². The Morgan fingerprint density at radius 1 is 1.64 bits per heavy atom. The van der Waals surface area contributed by atoms with Crippen LogP contribution in [-0.2, 0) is 13.0 Å². The van der Waals surface area contributed by atoms with E-state index in [1.54, 1.807) is 4.57 Å². The quantitative estimate of drug-likeness (QED) is 0.702. The monoisotopic (exact) mass is 212 g/mol. The molecule has 0 fully saturated rings. The maximum Gasteiger partial charge on any atom is 0.220 e. The summed E-state index contributed by atoms with van der Waals surface area (Å²) in [6.45, 7) is 0.584. The van der Waals surface area contributed by atoms with E-state index < -0.39 is 0 Å². The summed E-state index contributed by atoms with van der Waals surface area (Å²) in [6, 6.07) is 0. The third-order valence-corrected chi connectivity index (χ3v) is 2.07. The van der Waals surface area contributed by atoms with Gasteiger partial charge in [-0.3, -0.25) is 4.57 Å². The molecule has 0 aliphatic heterocycles. The molecule has 2 rings (SSSR count). The third kappa shape index (κ3) is 1.64. The largest absolute Gasteiger partial charge is 0.368 e. The van der Waals surface area contributed by atoms with Crippen molar-refractivity contribution >= 4 is 18.2 Å². The Kier molecular flexibility index (Phi) is 2.27. The number of nitrogens with one attached hydrogen (secondary N) is 1. The zero-order valence-corrected chi connectivity index (χ0v) is 7.99. The summed E-state index contributed by atoms with van der Waals surface area (Å²) in [7, 11) is 0. The SMILES string of the molecule is Nc1n[nH]c(=S)n1CCc1ncon1. The van der Waals surface area contributed by atoms with Gasteiger partial charge in [0.2, 0.25) is 12.3 Å². The second-order valence-corrected chi connectivity index (χ2v) is 3.02. The van der Waals surface area contributed by atoms with Crippen molar-refractivity contribution in [3.05, 3.63) is 17.0 Å². The minimum absolute atomic E-state index is 0.360. The number of anilines is 1. The molecule has 0 atom stereocenters. The highest BCUT2D eigenvalue weighted by atomic mass is 32.1. The molecule has 0 spiro atoms. The van der Waals surface area contributed by atoms with Crippen LogP contribution in [0.15, 0.2) is 10.9 Å². The van der Waals surface area contributed by atoms with E-state index in [1.165, 1.54) is 6.39 Å². The molecule has 0 saturated heterocycles. The van der Waals surface area contributed by atoms with Crippen molar-refractivity contribution in [2.45, 2.75) is 13.0 Å². The van der Waals surface area contributed by atoms with Gasteiger partial charge in [0.1, 0.15) is 0 Å². The van der Waals surface area contributed by atoms with Gasteiger partial charge >= 0.3 is 0 Å². The fraction of sp³-hybridized carbons (Fsp3) is 0.333. The van der Waals surface area contributed by atoms with Crippen molar-refractivity contribution < 1.29 is 4.52 Å². The van der Waals surface area contributed by atoms with Gasteiger partial charge in [0.05, 0.1) is 0 Å². The van der Waals surface area contributed by atoms with Crippen molar-refractivity contribution in [3.63, 3.8) is 0 Å². The van der Waals surface area contributed by atoms with Crippen LogP contribution in [0.2, 0.25) is 0 Å². The predicted octanol–water partition coefficient (Wildman–Crippen LogP) is 0.149. The van der Waals surface area contributed by atoms with E-state index in [0.29, 0.717) is 29.5 Å². The second kappa shape index (κ2) is 3.58. The first-order valence-electron chi connectivity index (χ1n) is 3.93. The number of hydrogen-bond acceptors (Lipinski definition) is 6. The normalized spacial score (nSPS) is 10.6. The molecule has 74 valence electrons. The molecule has 2 heterocycles. The number of hydrogen-bond donors (Lipinski definition) is 2. The Balaban J connectivity index is 2.09. The van der Waals surface area contributed by atoms with Crippen molar-refractivity contribution in [1.29, 1.82) is 0 Å². The average molecular weight is 212 g/mol. The molecule has 0 aliphatic rings. The van der Waals surface area contributed by atoms with Crippen LogP contribution in [0.4, 0.5) is 5.95 Å². The lowest BCUT2D eigenvalue weighted by molar-refractivity contribution is 0.408. The summed E-state index contributed by atoms with van der Waals surface area (Å²) in [5, 5.41) is 10.0. The number of aromatic amines is 1. The molecule has 7 nitrogen and oxygen atoms in total. The van der Waals surface area contributed by atoms with Crippen molar-refractivity contribution in [3.8, 4) is 0 Å². The van der Waals surface area contributed by atoms with Crippen LogP contribution in [0.3, 0.4) is 0 Å².